The van der Waals surface area contributed by atoms with E-state index >= 15 is 0 Å². The minimum atomic E-state index is 0.0315. The van der Waals surface area contributed by atoms with Gasteiger partial charge in [-0.1, -0.05) is 33.1 Å². The van der Waals surface area contributed by atoms with Gasteiger partial charge in [0.25, 0.3) is 0 Å². The first-order valence-corrected chi connectivity index (χ1v) is 9.61. The Kier molecular flexibility index (Phi) is 6.15. The number of nitrogens with two attached hydrogens (primary N) is 1. The number of hydrogen-bond acceptors (Lipinski definition) is 6. The summed E-state index contributed by atoms with van der Waals surface area (Å²) in [6, 6.07) is 3.99. The Labute approximate surface area is 155 Å². The van der Waals surface area contributed by atoms with Gasteiger partial charge in [-0.2, -0.15) is 4.98 Å². The standard InChI is InChI=1S/C17H20N6.C3H8/c18-16-15-14(13(11-20-15)12-5-7-19-8-6-12)21-17(22-16)23-9-3-1-2-4-10-23;1-3-2/h5-8,11,13H,1-4,9-10H2,(H2,18,21,22);3H2,1-2H3. The molecule has 2 aromatic rings. The molecule has 0 spiro atoms. The summed E-state index contributed by atoms with van der Waals surface area (Å²) in [7, 11) is 0. The molecule has 1 unspecified atom stereocenters. The van der Waals surface area contributed by atoms with Gasteiger partial charge in [-0.25, -0.2) is 4.98 Å². The number of anilines is 2. The van der Waals surface area contributed by atoms with Gasteiger partial charge < -0.3 is 10.6 Å². The molecule has 1 atom stereocenters. The number of aromatic nitrogens is 3. The van der Waals surface area contributed by atoms with Crippen molar-refractivity contribution in [3.8, 4) is 0 Å². The molecule has 26 heavy (non-hydrogen) atoms. The topological polar surface area (TPSA) is 80.3 Å². The van der Waals surface area contributed by atoms with Crippen LogP contribution in [-0.4, -0.2) is 34.3 Å². The summed E-state index contributed by atoms with van der Waals surface area (Å²) in [4.78, 5) is 20.1. The summed E-state index contributed by atoms with van der Waals surface area (Å²) in [5.74, 6) is 1.25. The average Bonchev–Trinajstić information content (AvgIpc) is 2.90. The van der Waals surface area contributed by atoms with E-state index in [2.05, 4.69) is 33.7 Å². The maximum absolute atomic E-state index is 6.15. The summed E-state index contributed by atoms with van der Waals surface area (Å²) in [6.07, 6.45) is 11.7. The van der Waals surface area contributed by atoms with Crippen molar-refractivity contribution >= 4 is 23.7 Å². The van der Waals surface area contributed by atoms with E-state index in [-0.39, 0.29) is 5.92 Å². The molecular weight excluding hydrogens is 324 g/mol. The van der Waals surface area contributed by atoms with Gasteiger partial charge in [0.05, 0.1) is 11.6 Å². The first kappa shape index (κ1) is 18.3. The highest BCUT2D eigenvalue weighted by Crippen LogP contribution is 2.39. The molecule has 4 rings (SSSR count). The lowest BCUT2D eigenvalue weighted by molar-refractivity contribution is 0.726. The van der Waals surface area contributed by atoms with Crippen molar-refractivity contribution in [2.24, 2.45) is 4.99 Å². The van der Waals surface area contributed by atoms with E-state index in [0.717, 1.165) is 30.3 Å². The highest BCUT2D eigenvalue weighted by molar-refractivity contribution is 5.87. The van der Waals surface area contributed by atoms with Crippen LogP contribution >= 0.6 is 0 Å². The molecule has 2 aliphatic rings. The maximum atomic E-state index is 6.15. The molecule has 1 fully saturated rings. The quantitative estimate of drug-likeness (QED) is 0.880. The van der Waals surface area contributed by atoms with E-state index in [9.17, 15) is 0 Å². The Morgan fingerprint density at radius 3 is 2.35 bits per heavy atom. The summed E-state index contributed by atoms with van der Waals surface area (Å²) >= 11 is 0. The fraction of sp³-hybridized carbons (Fsp3) is 0.500. The van der Waals surface area contributed by atoms with Crippen molar-refractivity contribution in [1.82, 2.24) is 15.0 Å². The summed E-state index contributed by atoms with van der Waals surface area (Å²) in [6.45, 7) is 6.25. The normalized spacial score (nSPS) is 18.7. The highest BCUT2D eigenvalue weighted by Gasteiger charge is 2.27. The van der Waals surface area contributed by atoms with Crippen LogP contribution in [0.5, 0.6) is 0 Å². The van der Waals surface area contributed by atoms with Crippen molar-refractivity contribution < 1.29 is 0 Å². The van der Waals surface area contributed by atoms with Crippen molar-refractivity contribution in [3.63, 3.8) is 0 Å². The third-order valence-electron chi connectivity index (χ3n) is 4.53. The zero-order valence-electron chi connectivity index (χ0n) is 15.7. The number of aliphatic imine (C=N–C) groups is 1. The maximum Gasteiger partial charge on any atom is 0.227 e. The molecular formula is C20H28N6. The number of rotatable bonds is 2. The van der Waals surface area contributed by atoms with Gasteiger partial charge >= 0.3 is 0 Å². The molecule has 2 aliphatic heterocycles. The average molecular weight is 352 g/mol. The van der Waals surface area contributed by atoms with Crippen molar-refractivity contribution in [3.05, 3.63) is 35.8 Å². The van der Waals surface area contributed by atoms with Gasteiger partial charge in [-0.15, -0.1) is 0 Å². The Morgan fingerprint density at radius 1 is 1.04 bits per heavy atom. The number of nitrogen functional groups attached to an aromatic ring is 1. The number of hydrogen-bond donors (Lipinski definition) is 1. The molecule has 2 N–H and O–H groups in total. The van der Waals surface area contributed by atoms with Crippen molar-refractivity contribution in [2.75, 3.05) is 23.7 Å². The van der Waals surface area contributed by atoms with Crippen LogP contribution in [0.15, 0.2) is 29.5 Å². The Morgan fingerprint density at radius 2 is 1.69 bits per heavy atom. The van der Waals surface area contributed by atoms with Crippen LogP contribution in [0.1, 0.15) is 63.1 Å². The largest absolute Gasteiger partial charge is 0.382 e. The molecule has 6 nitrogen and oxygen atoms in total. The van der Waals surface area contributed by atoms with Crippen LogP contribution in [0.3, 0.4) is 0 Å². The van der Waals surface area contributed by atoms with E-state index in [1.54, 1.807) is 12.4 Å². The first-order chi connectivity index (χ1) is 12.7. The molecule has 0 aliphatic carbocycles. The Hall–Kier alpha value is -2.50. The molecule has 0 amide bonds. The van der Waals surface area contributed by atoms with Crippen LogP contribution in [0.25, 0.3) is 0 Å². The minimum Gasteiger partial charge on any atom is -0.382 e. The SMILES string of the molecule is CCC.Nc1nc(N2CCCCCC2)nc2c1N=CC2c1ccncc1. The molecule has 1 saturated heterocycles. The van der Waals surface area contributed by atoms with Crippen LogP contribution in [-0.2, 0) is 0 Å². The van der Waals surface area contributed by atoms with E-state index < -0.39 is 0 Å². The lowest BCUT2D eigenvalue weighted by Crippen LogP contribution is -2.26. The van der Waals surface area contributed by atoms with Crippen LogP contribution in [0, 0.1) is 0 Å². The Bertz CT molecular complexity index is 735. The smallest absolute Gasteiger partial charge is 0.227 e. The highest BCUT2D eigenvalue weighted by atomic mass is 15.3. The summed E-state index contributed by atoms with van der Waals surface area (Å²) < 4.78 is 0. The summed E-state index contributed by atoms with van der Waals surface area (Å²) in [5.41, 5.74) is 8.90. The second-order valence-corrected chi connectivity index (χ2v) is 6.79. The van der Waals surface area contributed by atoms with Crippen LogP contribution in [0.2, 0.25) is 0 Å². The second-order valence-electron chi connectivity index (χ2n) is 6.79. The van der Waals surface area contributed by atoms with Gasteiger partial charge in [0.15, 0.2) is 5.82 Å². The van der Waals surface area contributed by atoms with E-state index in [0.29, 0.717) is 11.5 Å². The van der Waals surface area contributed by atoms with E-state index in [1.165, 1.54) is 32.1 Å². The predicted molar refractivity (Wildman–Crippen MR) is 107 cm³/mol. The fourth-order valence-electron chi connectivity index (χ4n) is 3.27. The predicted octanol–water partition coefficient (Wildman–Crippen LogP) is 4.10. The van der Waals surface area contributed by atoms with Gasteiger partial charge in [0, 0.05) is 31.7 Å². The third kappa shape index (κ3) is 4.00. The molecule has 2 aromatic heterocycles. The Balaban J connectivity index is 0.000000613. The van der Waals surface area contributed by atoms with Crippen LogP contribution < -0.4 is 10.6 Å². The molecule has 0 saturated carbocycles. The summed E-state index contributed by atoms with van der Waals surface area (Å²) in [5, 5.41) is 0. The van der Waals surface area contributed by atoms with Gasteiger partial charge in [-0.05, 0) is 30.5 Å². The minimum absolute atomic E-state index is 0.0315. The lowest BCUT2D eigenvalue weighted by Gasteiger charge is -2.21. The monoisotopic (exact) mass is 352 g/mol. The molecule has 6 heteroatoms. The molecule has 0 radical (unpaired) electrons. The zero-order chi connectivity index (χ0) is 18.4. The zero-order valence-corrected chi connectivity index (χ0v) is 15.7. The fourth-order valence-corrected chi connectivity index (χ4v) is 3.27. The number of nitrogens with zero attached hydrogens (tertiary/aromatic N) is 5. The van der Waals surface area contributed by atoms with Crippen molar-refractivity contribution in [1.29, 1.82) is 0 Å². The second kappa shape index (κ2) is 8.74. The van der Waals surface area contributed by atoms with E-state index in [1.807, 2.05) is 18.3 Å². The number of pyridine rings is 1. The molecule has 0 aromatic carbocycles. The van der Waals surface area contributed by atoms with Crippen LogP contribution in [0.4, 0.5) is 17.5 Å². The molecule has 0 bridgehead atoms. The molecule has 4 heterocycles. The van der Waals surface area contributed by atoms with Crippen molar-refractivity contribution in [2.45, 2.75) is 51.9 Å². The molecule has 138 valence electrons. The van der Waals surface area contributed by atoms with E-state index in [4.69, 9.17) is 10.7 Å². The van der Waals surface area contributed by atoms with Gasteiger partial charge in [0.1, 0.15) is 5.69 Å². The van der Waals surface area contributed by atoms with Gasteiger partial charge in [-0.3, -0.25) is 9.98 Å². The first-order valence-electron chi connectivity index (χ1n) is 9.61. The number of fused-ring (bicyclic) bond motifs is 1. The lowest BCUT2D eigenvalue weighted by atomic mass is 9.99. The third-order valence-corrected chi connectivity index (χ3v) is 4.53. The van der Waals surface area contributed by atoms with Gasteiger partial charge in [0.2, 0.25) is 5.95 Å².